The summed E-state index contributed by atoms with van der Waals surface area (Å²) in [6.45, 7) is 27.5. The summed E-state index contributed by atoms with van der Waals surface area (Å²) in [5.74, 6) is 0. The van der Waals surface area contributed by atoms with E-state index < -0.39 is 0 Å². The Balaban J connectivity index is 0.00000276. The van der Waals surface area contributed by atoms with Gasteiger partial charge in [-0.2, -0.15) is 0 Å². The van der Waals surface area contributed by atoms with Gasteiger partial charge in [-0.05, 0) is 152 Å². The lowest BCUT2D eigenvalue weighted by atomic mass is 9.91. The van der Waals surface area contributed by atoms with Gasteiger partial charge in [-0.25, -0.2) is 0 Å². The van der Waals surface area contributed by atoms with Gasteiger partial charge in [0.15, 0.2) is 0 Å². The smallest absolute Gasteiger partial charge is 0.0484 e. The maximum atomic E-state index is 4.05. The van der Waals surface area contributed by atoms with Crippen molar-refractivity contribution in [2.45, 2.75) is 67.7 Å². The maximum absolute atomic E-state index is 4.05. The number of hydrogen-bond acceptors (Lipinski definition) is 2. The number of anilines is 2. The van der Waals surface area contributed by atoms with Gasteiger partial charge >= 0.3 is 0 Å². The zero-order valence-electron chi connectivity index (χ0n) is 31.3. The Labute approximate surface area is 302 Å². The molecule has 5 aromatic rings. The summed E-state index contributed by atoms with van der Waals surface area (Å²) in [4.78, 5) is 2.27. The van der Waals surface area contributed by atoms with E-state index in [1.807, 2.05) is 26.0 Å². The van der Waals surface area contributed by atoms with Crippen molar-refractivity contribution in [1.29, 1.82) is 0 Å². The summed E-state index contributed by atoms with van der Waals surface area (Å²) in [6, 6.07) is 31.5. The third-order valence-corrected chi connectivity index (χ3v) is 9.18. The largest absolute Gasteiger partial charge is 0.388 e. The number of para-hydroxylation sites is 1. The van der Waals surface area contributed by atoms with Gasteiger partial charge in [0.25, 0.3) is 0 Å². The molecule has 3 heteroatoms. The molecule has 0 fully saturated rings. The molecule has 0 unspecified atom stereocenters. The predicted octanol–water partition coefficient (Wildman–Crippen LogP) is 12.8. The summed E-state index contributed by atoms with van der Waals surface area (Å²) in [7, 11) is 0. The Morgan fingerprint density at radius 2 is 1.44 bits per heavy atom. The molecule has 0 radical (unpaired) electrons. The second kappa shape index (κ2) is 17.9. The molecule has 1 aromatic heterocycles. The van der Waals surface area contributed by atoms with Crippen LogP contribution in [0.25, 0.3) is 34.0 Å². The lowest BCUT2D eigenvalue weighted by Crippen LogP contribution is -2.12. The molecular formula is C47H55N3. The van der Waals surface area contributed by atoms with Crippen LogP contribution in [-0.2, 0) is 12.8 Å². The minimum atomic E-state index is 0.716. The summed E-state index contributed by atoms with van der Waals surface area (Å²) >= 11 is 0. The van der Waals surface area contributed by atoms with Crippen LogP contribution in [0.4, 0.5) is 11.4 Å². The first-order valence-electron chi connectivity index (χ1n) is 18.0. The van der Waals surface area contributed by atoms with Crippen LogP contribution in [0.15, 0.2) is 129 Å². The standard InChI is InChI=1S/C45H49N3.C2H6/c1-9-13-18-41-31-37(11-3)35(8)48(41)42-21-23-44(34(7)27-42)39-29-36(10-2)28-38(30-39)43-22-20-40(26-33(43)6)47(25-16-24-46-12-4)45-19-15-14-17-32(45)5;1-2/h9,11-12,14-17,19-23,25-31,46H,1,3-4,10,13,18,24H2,2,5-8H3;1-2H3/b25-16+;. The van der Waals surface area contributed by atoms with Crippen LogP contribution >= 0.6 is 0 Å². The second-order valence-corrected chi connectivity index (χ2v) is 12.5. The zero-order chi connectivity index (χ0) is 36.2. The van der Waals surface area contributed by atoms with Gasteiger partial charge in [-0.3, -0.25) is 0 Å². The molecule has 0 amide bonds. The Bertz CT molecular complexity index is 1970. The van der Waals surface area contributed by atoms with Crippen LogP contribution < -0.4 is 10.2 Å². The van der Waals surface area contributed by atoms with Crippen molar-refractivity contribution in [3.8, 4) is 27.9 Å². The highest BCUT2D eigenvalue weighted by Crippen LogP contribution is 2.36. The molecular weight excluding hydrogens is 607 g/mol. The van der Waals surface area contributed by atoms with E-state index in [9.17, 15) is 0 Å². The molecule has 1 heterocycles. The van der Waals surface area contributed by atoms with Crippen molar-refractivity contribution in [3.05, 3.63) is 168 Å². The summed E-state index contributed by atoms with van der Waals surface area (Å²) in [5.41, 5.74) is 17.2. The molecule has 50 heavy (non-hydrogen) atoms. The van der Waals surface area contributed by atoms with Gasteiger partial charge in [0.2, 0.25) is 0 Å². The van der Waals surface area contributed by atoms with Crippen LogP contribution in [0.1, 0.15) is 66.4 Å². The topological polar surface area (TPSA) is 20.2 Å². The van der Waals surface area contributed by atoms with Crippen LogP contribution in [0.3, 0.4) is 0 Å². The highest BCUT2D eigenvalue weighted by Gasteiger charge is 2.15. The van der Waals surface area contributed by atoms with Gasteiger partial charge in [0, 0.05) is 41.2 Å². The average Bonchev–Trinajstić information content (AvgIpc) is 3.46. The number of hydrogen-bond donors (Lipinski definition) is 1. The van der Waals surface area contributed by atoms with Gasteiger partial charge < -0.3 is 14.8 Å². The van der Waals surface area contributed by atoms with Gasteiger partial charge in [0.05, 0.1) is 0 Å². The maximum Gasteiger partial charge on any atom is 0.0484 e. The molecule has 0 spiro atoms. The summed E-state index contributed by atoms with van der Waals surface area (Å²) < 4.78 is 2.38. The van der Waals surface area contributed by atoms with E-state index in [-0.39, 0.29) is 0 Å². The van der Waals surface area contributed by atoms with Gasteiger partial charge in [-0.15, -0.1) is 6.58 Å². The first-order chi connectivity index (χ1) is 24.3. The van der Waals surface area contributed by atoms with Crippen LogP contribution in [0.5, 0.6) is 0 Å². The third-order valence-electron chi connectivity index (χ3n) is 9.18. The van der Waals surface area contributed by atoms with Crippen molar-refractivity contribution >= 4 is 17.5 Å². The Kier molecular flexibility index (Phi) is 13.5. The Hall–Kier alpha value is -5.28. The van der Waals surface area contributed by atoms with E-state index in [0.717, 1.165) is 30.6 Å². The molecule has 0 saturated heterocycles. The number of nitrogens with one attached hydrogen (secondary N) is 1. The molecule has 0 aliphatic heterocycles. The van der Waals surface area contributed by atoms with Gasteiger partial charge in [-0.1, -0.05) is 88.5 Å². The van der Waals surface area contributed by atoms with Crippen molar-refractivity contribution in [3.63, 3.8) is 0 Å². The van der Waals surface area contributed by atoms with E-state index in [2.05, 4.69) is 166 Å². The number of allylic oxidation sites excluding steroid dienone is 1. The van der Waals surface area contributed by atoms with E-state index in [1.165, 1.54) is 67.1 Å². The predicted molar refractivity (Wildman–Crippen MR) is 221 cm³/mol. The molecule has 0 saturated carbocycles. The lowest BCUT2D eigenvalue weighted by molar-refractivity contribution is 0.865. The van der Waals surface area contributed by atoms with E-state index >= 15 is 0 Å². The van der Waals surface area contributed by atoms with Crippen molar-refractivity contribution in [1.82, 2.24) is 9.88 Å². The molecule has 258 valence electrons. The number of aryl methyl sites for hydroxylation is 5. The molecule has 0 bridgehead atoms. The first-order valence-corrected chi connectivity index (χ1v) is 18.0. The van der Waals surface area contributed by atoms with Crippen LogP contribution in [0.2, 0.25) is 0 Å². The SMILES string of the molecule is C=CCCc1cc(C=C)c(C)n1-c1ccc(-c2cc(CC)cc(-c3ccc(N(/C=C/CNC=C)c4ccccc4C)cc3C)c2)c(C)c1.CC. The first kappa shape index (κ1) is 37.5. The van der Waals surface area contributed by atoms with E-state index in [1.54, 1.807) is 6.20 Å². The molecule has 0 aliphatic carbocycles. The number of aromatic nitrogens is 1. The molecule has 0 aliphatic rings. The van der Waals surface area contributed by atoms with Crippen LogP contribution in [0, 0.1) is 27.7 Å². The molecule has 5 rings (SSSR count). The quantitative estimate of drug-likeness (QED) is 0.0944. The van der Waals surface area contributed by atoms with Crippen molar-refractivity contribution in [2.75, 3.05) is 11.4 Å². The fourth-order valence-corrected chi connectivity index (χ4v) is 6.58. The highest BCUT2D eigenvalue weighted by molar-refractivity contribution is 5.80. The van der Waals surface area contributed by atoms with Crippen molar-refractivity contribution < 1.29 is 0 Å². The number of benzene rings is 4. The van der Waals surface area contributed by atoms with Crippen molar-refractivity contribution in [2.24, 2.45) is 0 Å². The minimum absolute atomic E-state index is 0.716. The fraction of sp³-hybridized carbons (Fsp3) is 0.234. The Morgan fingerprint density at radius 3 is 2.04 bits per heavy atom. The van der Waals surface area contributed by atoms with E-state index in [0.29, 0.717) is 6.54 Å². The number of rotatable bonds is 14. The minimum Gasteiger partial charge on any atom is -0.388 e. The molecule has 3 nitrogen and oxygen atoms in total. The normalized spacial score (nSPS) is 10.8. The molecule has 1 N–H and O–H groups in total. The average molecular weight is 662 g/mol. The third kappa shape index (κ3) is 8.47. The second-order valence-electron chi connectivity index (χ2n) is 12.5. The number of nitrogens with zero attached hydrogens (tertiary/aromatic N) is 2. The fourth-order valence-electron chi connectivity index (χ4n) is 6.58. The Morgan fingerprint density at radius 1 is 0.760 bits per heavy atom. The lowest BCUT2D eigenvalue weighted by Gasteiger charge is -2.24. The van der Waals surface area contributed by atoms with E-state index in [4.69, 9.17) is 0 Å². The summed E-state index contributed by atoms with van der Waals surface area (Å²) in [6.07, 6.45) is 12.8. The molecule has 4 aromatic carbocycles. The monoisotopic (exact) mass is 661 g/mol. The van der Waals surface area contributed by atoms with Crippen LogP contribution in [-0.4, -0.2) is 11.1 Å². The van der Waals surface area contributed by atoms with Gasteiger partial charge in [0.1, 0.15) is 0 Å². The highest BCUT2D eigenvalue weighted by atomic mass is 15.1. The summed E-state index contributed by atoms with van der Waals surface area (Å²) in [5, 5.41) is 3.17. The molecule has 0 atom stereocenters. The zero-order valence-corrected chi connectivity index (χ0v) is 31.3.